The molecular weight excluding hydrogens is 462 g/mol. The van der Waals surface area contributed by atoms with Gasteiger partial charge in [0.2, 0.25) is 0 Å². The molecule has 0 bridgehead atoms. The smallest absolute Gasteiger partial charge is 0.293 e. The molecule has 1 heterocycles. The highest BCUT2D eigenvalue weighted by Gasteiger charge is 2.34. The molecule has 6 nitrogen and oxygen atoms in total. The number of ether oxygens (including phenoxy) is 3. The number of thioether (sulfide) groups is 1. The zero-order valence-electron chi connectivity index (χ0n) is 19.7. The maximum atomic E-state index is 12.8. The van der Waals surface area contributed by atoms with Crippen LogP contribution in [0, 0.1) is 6.92 Å². The van der Waals surface area contributed by atoms with E-state index in [-0.39, 0.29) is 24.3 Å². The molecule has 4 rings (SSSR count). The molecule has 0 atom stereocenters. The molecule has 1 aliphatic rings. The van der Waals surface area contributed by atoms with Crippen LogP contribution >= 0.6 is 11.8 Å². The summed E-state index contributed by atoms with van der Waals surface area (Å²) in [5, 5.41) is -0.305. The van der Waals surface area contributed by atoms with Crippen LogP contribution in [-0.4, -0.2) is 35.8 Å². The molecule has 2 amide bonds. The summed E-state index contributed by atoms with van der Waals surface area (Å²) in [5.41, 5.74) is 3.01. The molecule has 0 radical (unpaired) electrons. The first-order valence-electron chi connectivity index (χ1n) is 11.4. The van der Waals surface area contributed by atoms with Crippen molar-refractivity contribution in [2.45, 2.75) is 20.5 Å². The Labute approximate surface area is 209 Å². The van der Waals surface area contributed by atoms with Gasteiger partial charge in [0.05, 0.1) is 18.1 Å². The number of amides is 2. The SMILES string of the molecule is CCOc1cc(/C=C2\SC(=O)N(CCOc3ccccc3)C2=O)ccc1OCc1ccc(C)cc1. The Bertz CT molecular complexity index is 1210. The Balaban J connectivity index is 1.42. The number of carbonyl (C=O) groups is 2. The number of para-hydroxylation sites is 1. The van der Waals surface area contributed by atoms with E-state index < -0.39 is 0 Å². The van der Waals surface area contributed by atoms with E-state index in [2.05, 4.69) is 0 Å². The van der Waals surface area contributed by atoms with E-state index in [1.165, 1.54) is 10.5 Å². The van der Waals surface area contributed by atoms with Gasteiger partial charge in [0.25, 0.3) is 11.1 Å². The molecule has 0 N–H and O–H groups in total. The molecule has 3 aromatic carbocycles. The predicted molar refractivity (Wildman–Crippen MR) is 138 cm³/mol. The van der Waals surface area contributed by atoms with Crippen molar-refractivity contribution >= 4 is 29.0 Å². The topological polar surface area (TPSA) is 65.1 Å². The fraction of sp³-hybridized carbons (Fsp3) is 0.214. The third-order valence-corrected chi connectivity index (χ3v) is 6.19. The normalized spacial score (nSPS) is 14.5. The Hall–Kier alpha value is -3.71. The van der Waals surface area contributed by atoms with Gasteiger partial charge in [0, 0.05) is 0 Å². The summed E-state index contributed by atoms with van der Waals surface area (Å²) in [6, 6.07) is 22.9. The fourth-order valence-electron chi connectivity index (χ4n) is 3.46. The zero-order chi connectivity index (χ0) is 24.6. The molecule has 1 aliphatic heterocycles. The van der Waals surface area contributed by atoms with E-state index >= 15 is 0 Å². The van der Waals surface area contributed by atoms with E-state index in [0.717, 1.165) is 22.9 Å². The highest BCUT2D eigenvalue weighted by Crippen LogP contribution is 2.35. The molecule has 1 fully saturated rings. The number of imide groups is 1. The number of carbonyl (C=O) groups excluding carboxylic acids is 2. The van der Waals surface area contributed by atoms with Crippen molar-refractivity contribution in [2.75, 3.05) is 19.8 Å². The summed E-state index contributed by atoms with van der Waals surface area (Å²) in [6.07, 6.45) is 1.70. The summed E-state index contributed by atoms with van der Waals surface area (Å²) in [5.74, 6) is 1.58. The van der Waals surface area contributed by atoms with Crippen molar-refractivity contribution in [3.05, 3.63) is 94.4 Å². The van der Waals surface area contributed by atoms with Crippen LogP contribution in [0.25, 0.3) is 6.08 Å². The van der Waals surface area contributed by atoms with Gasteiger partial charge in [-0.1, -0.05) is 54.1 Å². The van der Waals surface area contributed by atoms with Crippen molar-refractivity contribution in [2.24, 2.45) is 0 Å². The summed E-state index contributed by atoms with van der Waals surface area (Å²) in [6.45, 7) is 5.26. The molecule has 0 aliphatic carbocycles. The number of aryl methyl sites for hydroxylation is 1. The largest absolute Gasteiger partial charge is 0.492 e. The second kappa shape index (κ2) is 11.6. The summed E-state index contributed by atoms with van der Waals surface area (Å²) in [4.78, 5) is 26.8. The van der Waals surface area contributed by atoms with Crippen LogP contribution in [0.3, 0.4) is 0 Å². The lowest BCUT2D eigenvalue weighted by atomic mass is 10.1. The number of hydrogen-bond acceptors (Lipinski definition) is 6. The quantitative estimate of drug-likeness (QED) is 0.321. The molecular formula is C28H27NO5S. The van der Waals surface area contributed by atoms with Crippen LogP contribution in [-0.2, 0) is 11.4 Å². The van der Waals surface area contributed by atoms with Crippen LogP contribution in [0.4, 0.5) is 4.79 Å². The van der Waals surface area contributed by atoms with Crippen LogP contribution in [0.2, 0.25) is 0 Å². The first-order chi connectivity index (χ1) is 17.0. The lowest BCUT2D eigenvalue weighted by Gasteiger charge is -2.13. The van der Waals surface area contributed by atoms with Crippen molar-refractivity contribution in [3.63, 3.8) is 0 Å². The molecule has 0 unspecified atom stereocenters. The van der Waals surface area contributed by atoms with Crippen molar-refractivity contribution in [3.8, 4) is 17.2 Å². The van der Waals surface area contributed by atoms with Crippen LogP contribution in [0.1, 0.15) is 23.6 Å². The minimum Gasteiger partial charge on any atom is -0.492 e. The van der Waals surface area contributed by atoms with Crippen molar-refractivity contribution in [1.29, 1.82) is 0 Å². The summed E-state index contributed by atoms with van der Waals surface area (Å²) < 4.78 is 17.4. The second-order valence-electron chi connectivity index (χ2n) is 7.91. The van der Waals surface area contributed by atoms with E-state index in [9.17, 15) is 9.59 Å². The van der Waals surface area contributed by atoms with E-state index in [0.29, 0.717) is 35.4 Å². The first-order valence-corrected chi connectivity index (χ1v) is 12.2. The third-order valence-electron chi connectivity index (χ3n) is 5.28. The minimum atomic E-state index is -0.325. The summed E-state index contributed by atoms with van der Waals surface area (Å²) in [7, 11) is 0. The number of benzene rings is 3. The Morgan fingerprint density at radius 1 is 0.886 bits per heavy atom. The van der Waals surface area contributed by atoms with E-state index in [1.807, 2.05) is 86.6 Å². The van der Waals surface area contributed by atoms with Gasteiger partial charge in [-0.05, 0) is 67.1 Å². The molecule has 7 heteroatoms. The maximum absolute atomic E-state index is 12.8. The zero-order valence-corrected chi connectivity index (χ0v) is 20.5. The monoisotopic (exact) mass is 489 g/mol. The van der Waals surface area contributed by atoms with E-state index in [1.54, 1.807) is 6.08 Å². The second-order valence-corrected chi connectivity index (χ2v) is 8.90. The van der Waals surface area contributed by atoms with Crippen LogP contribution < -0.4 is 14.2 Å². The predicted octanol–water partition coefficient (Wildman–Crippen LogP) is 6.09. The molecule has 0 saturated carbocycles. The lowest BCUT2D eigenvalue weighted by Crippen LogP contribution is -2.32. The standard InChI is InChI=1S/C28H27NO5S/c1-3-32-25-17-22(13-14-24(25)34-19-21-11-9-20(2)10-12-21)18-26-27(30)29(28(31)35-26)15-16-33-23-7-5-4-6-8-23/h4-14,17-18H,3,15-16,19H2,1-2H3/b26-18-. The van der Waals surface area contributed by atoms with Gasteiger partial charge in [0.1, 0.15) is 19.0 Å². The van der Waals surface area contributed by atoms with Crippen molar-refractivity contribution in [1.82, 2.24) is 4.90 Å². The molecule has 180 valence electrons. The first kappa shape index (κ1) is 24.4. The lowest BCUT2D eigenvalue weighted by molar-refractivity contribution is -0.123. The Morgan fingerprint density at radius 2 is 1.66 bits per heavy atom. The number of hydrogen-bond donors (Lipinski definition) is 0. The highest BCUT2D eigenvalue weighted by molar-refractivity contribution is 8.18. The van der Waals surface area contributed by atoms with Gasteiger partial charge in [0.15, 0.2) is 11.5 Å². The van der Waals surface area contributed by atoms with Crippen molar-refractivity contribution < 1.29 is 23.8 Å². The number of nitrogens with zero attached hydrogens (tertiary/aromatic N) is 1. The average Bonchev–Trinajstić information content (AvgIpc) is 3.13. The van der Waals surface area contributed by atoms with Gasteiger partial charge in [-0.3, -0.25) is 14.5 Å². The average molecular weight is 490 g/mol. The molecule has 3 aromatic rings. The minimum absolute atomic E-state index is 0.187. The van der Waals surface area contributed by atoms with Gasteiger partial charge >= 0.3 is 0 Å². The molecule has 35 heavy (non-hydrogen) atoms. The molecule has 1 saturated heterocycles. The van der Waals surface area contributed by atoms with Gasteiger partial charge in [-0.2, -0.15) is 0 Å². The summed E-state index contributed by atoms with van der Waals surface area (Å²) >= 11 is 0.926. The Morgan fingerprint density at radius 3 is 2.40 bits per heavy atom. The third kappa shape index (κ3) is 6.45. The van der Waals surface area contributed by atoms with Gasteiger partial charge < -0.3 is 14.2 Å². The van der Waals surface area contributed by atoms with Crippen LogP contribution in [0.5, 0.6) is 17.2 Å². The Kier molecular flexibility index (Phi) is 8.11. The fourth-order valence-corrected chi connectivity index (χ4v) is 4.33. The molecule has 0 spiro atoms. The maximum Gasteiger partial charge on any atom is 0.293 e. The van der Waals surface area contributed by atoms with Gasteiger partial charge in [-0.15, -0.1) is 0 Å². The van der Waals surface area contributed by atoms with E-state index in [4.69, 9.17) is 14.2 Å². The number of rotatable bonds is 10. The van der Waals surface area contributed by atoms with Gasteiger partial charge in [-0.25, -0.2) is 0 Å². The molecule has 0 aromatic heterocycles. The highest BCUT2D eigenvalue weighted by atomic mass is 32.2. The van der Waals surface area contributed by atoms with Crippen LogP contribution in [0.15, 0.2) is 77.7 Å².